The summed E-state index contributed by atoms with van der Waals surface area (Å²) >= 11 is 0. The molecular formula is C15H18N4O. The number of carbonyl (C=O) groups excluding carboxylic acids is 1. The van der Waals surface area contributed by atoms with Gasteiger partial charge in [-0.05, 0) is 25.0 Å². The highest BCUT2D eigenvalue weighted by atomic mass is 16.2. The van der Waals surface area contributed by atoms with E-state index < -0.39 is 0 Å². The molecule has 5 heteroatoms. The second-order valence-corrected chi connectivity index (χ2v) is 5.56. The molecule has 0 bridgehead atoms. The number of nitrogens with one attached hydrogen (secondary N) is 1. The molecule has 0 saturated carbocycles. The standard InChI is InChI=1S/C15H18N4O/c1-9(2)13-16-14(18-17-13)15(20)19-10(3)8-11-6-4-5-7-12(11)19/h4-7,9-10H,8H2,1-3H3,(H,16,17,18). The molecular weight excluding hydrogens is 252 g/mol. The van der Waals surface area contributed by atoms with Gasteiger partial charge in [0.25, 0.3) is 5.91 Å². The van der Waals surface area contributed by atoms with Gasteiger partial charge in [-0.1, -0.05) is 32.0 Å². The van der Waals surface area contributed by atoms with Gasteiger partial charge in [0.05, 0.1) is 0 Å². The number of carbonyl (C=O) groups is 1. The van der Waals surface area contributed by atoms with E-state index in [1.165, 1.54) is 5.56 Å². The summed E-state index contributed by atoms with van der Waals surface area (Å²) in [5, 5.41) is 6.90. The van der Waals surface area contributed by atoms with Crippen molar-refractivity contribution in [2.45, 2.75) is 39.2 Å². The van der Waals surface area contributed by atoms with Crippen LogP contribution in [-0.4, -0.2) is 27.1 Å². The minimum absolute atomic E-state index is 0.134. The van der Waals surface area contributed by atoms with Crippen LogP contribution in [0.5, 0.6) is 0 Å². The van der Waals surface area contributed by atoms with Crippen molar-refractivity contribution < 1.29 is 4.79 Å². The summed E-state index contributed by atoms with van der Waals surface area (Å²) in [6, 6.07) is 8.14. The highest BCUT2D eigenvalue weighted by Crippen LogP contribution is 2.32. The van der Waals surface area contributed by atoms with E-state index in [0.29, 0.717) is 0 Å². The average molecular weight is 270 g/mol. The van der Waals surface area contributed by atoms with Crippen molar-refractivity contribution in [3.8, 4) is 0 Å². The fourth-order valence-electron chi connectivity index (χ4n) is 2.61. The van der Waals surface area contributed by atoms with Crippen molar-refractivity contribution in [1.29, 1.82) is 0 Å². The Bertz CT molecular complexity index is 647. The minimum atomic E-state index is -0.134. The fourth-order valence-corrected chi connectivity index (χ4v) is 2.61. The molecule has 1 atom stereocenters. The molecule has 0 spiro atoms. The van der Waals surface area contributed by atoms with Crippen LogP contribution in [0.25, 0.3) is 0 Å². The lowest BCUT2D eigenvalue weighted by molar-refractivity contribution is 0.0972. The number of aromatic nitrogens is 3. The van der Waals surface area contributed by atoms with E-state index in [2.05, 4.69) is 21.2 Å². The third-order valence-corrected chi connectivity index (χ3v) is 3.67. The van der Waals surface area contributed by atoms with Gasteiger partial charge in [0.15, 0.2) is 0 Å². The second kappa shape index (κ2) is 4.74. The fraction of sp³-hybridized carbons (Fsp3) is 0.400. The van der Waals surface area contributed by atoms with Crippen LogP contribution in [0.15, 0.2) is 24.3 Å². The number of rotatable bonds is 2. The molecule has 3 rings (SSSR count). The first-order chi connectivity index (χ1) is 9.58. The maximum absolute atomic E-state index is 12.6. The van der Waals surface area contributed by atoms with Crippen LogP contribution in [0.3, 0.4) is 0 Å². The highest BCUT2D eigenvalue weighted by Gasteiger charge is 2.33. The van der Waals surface area contributed by atoms with Gasteiger partial charge < -0.3 is 4.90 Å². The van der Waals surface area contributed by atoms with Gasteiger partial charge in [-0.2, -0.15) is 0 Å². The van der Waals surface area contributed by atoms with Crippen LogP contribution in [0.4, 0.5) is 5.69 Å². The molecule has 0 aliphatic carbocycles. The van der Waals surface area contributed by atoms with E-state index in [1.54, 1.807) is 4.90 Å². The number of aromatic amines is 1. The van der Waals surface area contributed by atoms with Crippen molar-refractivity contribution in [3.63, 3.8) is 0 Å². The van der Waals surface area contributed by atoms with Crippen LogP contribution in [0.2, 0.25) is 0 Å². The molecule has 2 heterocycles. The van der Waals surface area contributed by atoms with E-state index in [0.717, 1.165) is 17.9 Å². The lowest BCUT2D eigenvalue weighted by atomic mass is 10.1. The third kappa shape index (κ3) is 1.99. The Morgan fingerprint density at radius 2 is 2.15 bits per heavy atom. The summed E-state index contributed by atoms with van der Waals surface area (Å²) in [7, 11) is 0. The molecule has 1 unspecified atom stereocenters. The van der Waals surface area contributed by atoms with Crippen LogP contribution < -0.4 is 4.90 Å². The van der Waals surface area contributed by atoms with Crippen molar-refractivity contribution in [2.24, 2.45) is 0 Å². The molecule has 5 nitrogen and oxygen atoms in total. The second-order valence-electron chi connectivity index (χ2n) is 5.56. The number of nitrogens with zero attached hydrogens (tertiary/aromatic N) is 3. The molecule has 0 saturated heterocycles. The van der Waals surface area contributed by atoms with E-state index >= 15 is 0 Å². The largest absolute Gasteiger partial charge is 0.302 e. The van der Waals surface area contributed by atoms with Gasteiger partial charge >= 0.3 is 0 Å². The summed E-state index contributed by atoms with van der Waals surface area (Å²) in [5.41, 5.74) is 2.17. The van der Waals surface area contributed by atoms with E-state index in [9.17, 15) is 4.79 Å². The van der Waals surface area contributed by atoms with Crippen molar-refractivity contribution >= 4 is 11.6 Å². The summed E-state index contributed by atoms with van der Waals surface area (Å²) in [6.07, 6.45) is 0.878. The maximum Gasteiger partial charge on any atom is 0.298 e. The predicted molar refractivity (Wildman–Crippen MR) is 76.9 cm³/mol. The Kier molecular flexibility index (Phi) is 3.04. The molecule has 1 aromatic carbocycles. The molecule has 104 valence electrons. The Balaban J connectivity index is 1.94. The number of benzene rings is 1. The topological polar surface area (TPSA) is 61.9 Å². The molecule has 1 amide bonds. The lowest BCUT2D eigenvalue weighted by Crippen LogP contribution is -2.36. The summed E-state index contributed by atoms with van der Waals surface area (Å²) in [6.45, 7) is 6.08. The smallest absolute Gasteiger partial charge is 0.298 e. The molecule has 1 aliphatic heterocycles. The Labute approximate surface area is 118 Å². The van der Waals surface area contributed by atoms with E-state index in [-0.39, 0.29) is 23.7 Å². The van der Waals surface area contributed by atoms with Crippen molar-refractivity contribution in [1.82, 2.24) is 15.2 Å². The number of H-pyrrole nitrogens is 1. The number of hydrogen-bond acceptors (Lipinski definition) is 3. The Morgan fingerprint density at radius 1 is 1.40 bits per heavy atom. The number of amides is 1. The summed E-state index contributed by atoms with van der Waals surface area (Å²) in [5.74, 6) is 1.09. The van der Waals surface area contributed by atoms with Crippen LogP contribution in [-0.2, 0) is 6.42 Å². The first-order valence-corrected chi connectivity index (χ1v) is 6.91. The normalized spacial score (nSPS) is 17.6. The van der Waals surface area contributed by atoms with Crippen LogP contribution >= 0.6 is 0 Å². The summed E-state index contributed by atoms with van der Waals surface area (Å²) < 4.78 is 0. The molecule has 1 aliphatic rings. The van der Waals surface area contributed by atoms with E-state index in [1.807, 2.05) is 39.0 Å². The zero-order chi connectivity index (χ0) is 14.3. The Morgan fingerprint density at radius 3 is 2.85 bits per heavy atom. The first kappa shape index (κ1) is 12.8. The first-order valence-electron chi connectivity index (χ1n) is 6.91. The molecule has 0 radical (unpaired) electrons. The lowest BCUT2D eigenvalue weighted by Gasteiger charge is -2.20. The SMILES string of the molecule is CC(C)c1nc(C(=O)N2c3ccccc3CC2C)n[nH]1. The molecule has 2 aromatic rings. The van der Waals surface area contributed by atoms with Gasteiger partial charge in [0.2, 0.25) is 5.82 Å². The maximum atomic E-state index is 12.6. The van der Waals surface area contributed by atoms with Crippen molar-refractivity contribution in [3.05, 3.63) is 41.5 Å². The van der Waals surface area contributed by atoms with Crippen LogP contribution in [0, 0.1) is 0 Å². The zero-order valence-electron chi connectivity index (χ0n) is 11.9. The van der Waals surface area contributed by atoms with Crippen LogP contribution in [0.1, 0.15) is 48.7 Å². The number of para-hydroxylation sites is 1. The van der Waals surface area contributed by atoms with Gasteiger partial charge in [0.1, 0.15) is 5.82 Å². The van der Waals surface area contributed by atoms with Gasteiger partial charge in [0, 0.05) is 17.6 Å². The predicted octanol–water partition coefficient (Wildman–Crippen LogP) is 2.52. The monoisotopic (exact) mass is 270 g/mol. The molecule has 1 aromatic heterocycles. The highest BCUT2D eigenvalue weighted by molar-refractivity contribution is 6.05. The third-order valence-electron chi connectivity index (χ3n) is 3.67. The Hall–Kier alpha value is -2.17. The van der Waals surface area contributed by atoms with Gasteiger partial charge in [-0.25, -0.2) is 4.98 Å². The molecule has 20 heavy (non-hydrogen) atoms. The molecule has 1 N–H and O–H groups in total. The number of fused-ring (bicyclic) bond motifs is 1. The van der Waals surface area contributed by atoms with Gasteiger partial charge in [-0.15, -0.1) is 5.10 Å². The average Bonchev–Trinajstić information content (AvgIpc) is 3.01. The number of hydrogen-bond donors (Lipinski definition) is 1. The summed E-state index contributed by atoms with van der Waals surface area (Å²) in [4.78, 5) is 18.7. The minimum Gasteiger partial charge on any atom is -0.302 e. The zero-order valence-corrected chi connectivity index (χ0v) is 11.9. The van der Waals surface area contributed by atoms with E-state index in [4.69, 9.17) is 0 Å². The number of anilines is 1. The van der Waals surface area contributed by atoms with Gasteiger partial charge in [-0.3, -0.25) is 9.89 Å². The molecule has 0 fully saturated rings. The quantitative estimate of drug-likeness (QED) is 0.912. The van der Waals surface area contributed by atoms with Crippen molar-refractivity contribution in [2.75, 3.05) is 4.90 Å².